The molecule has 64 heavy (non-hydrogen) atoms. The summed E-state index contributed by atoms with van der Waals surface area (Å²) in [5.41, 5.74) is 15.9. The molecule has 4 aromatic heterocycles. The van der Waals surface area contributed by atoms with Crippen LogP contribution in [0.2, 0.25) is 0 Å². The van der Waals surface area contributed by atoms with Crippen LogP contribution < -0.4 is 46.5 Å². The first-order valence-electron chi connectivity index (χ1n) is 19.5. The number of halogens is 1. The summed E-state index contributed by atoms with van der Waals surface area (Å²) in [7, 11) is 3.44. The van der Waals surface area contributed by atoms with E-state index in [0.717, 1.165) is 64.2 Å². The average Bonchev–Trinajstić information content (AvgIpc) is 3.34. The second-order valence-corrected chi connectivity index (χ2v) is 14.3. The van der Waals surface area contributed by atoms with E-state index in [1.54, 1.807) is 95.0 Å². The molecule has 328 valence electrons. The first-order valence-corrected chi connectivity index (χ1v) is 20.3. The maximum absolute atomic E-state index is 9.34. The van der Waals surface area contributed by atoms with E-state index in [2.05, 4.69) is 67.5 Å². The molecule has 8 rings (SSSR count). The number of hydrogen-bond acceptors (Lipinski definition) is 18. The van der Waals surface area contributed by atoms with Crippen molar-refractivity contribution in [1.82, 2.24) is 40.2 Å². The highest BCUT2D eigenvalue weighted by Crippen LogP contribution is 2.26. The zero-order chi connectivity index (χ0) is 45.7. The van der Waals surface area contributed by atoms with Crippen LogP contribution in [0.15, 0.2) is 127 Å². The van der Waals surface area contributed by atoms with Crippen molar-refractivity contribution in [1.29, 1.82) is 5.26 Å². The van der Waals surface area contributed by atoms with Crippen molar-refractivity contribution < 1.29 is 29.0 Å². The Morgan fingerprint density at radius 3 is 1.61 bits per heavy atom. The van der Waals surface area contributed by atoms with Crippen LogP contribution in [0, 0.1) is 11.3 Å². The Morgan fingerprint density at radius 2 is 1.17 bits per heavy atom. The van der Waals surface area contributed by atoms with Crippen LogP contribution in [0.3, 0.4) is 0 Å². The van der Waals surface area contributed by atoms with Gasteiger partial charge in [-0.3, -0.25) is 0 Å². The first-order chi connectivity index (χ1) is 31.1. The number of nitriles is 1. The van der Waals surface area contributed by atoms with Crippen molar-refractivity contribution in [2.24, 2.45) is 0 Å². The molecule has 0 spiro atoms. The largest absolute Gasteiger partial charge is 0.497 e. The summed E-state index contributed by atoms with van der Waals surface area (Å²) >= 11 is 3.16. The third kappa shape index (κ3) is 15.2. The van der Waals surface area contributed by atoms with Crippen molar-refractivity contribution in [3.05, 3.63) is 132 Å². The molecule has 18 nitrogen and oxygen atoms in total. The lowest BCUT2D eigenvalue weighted by Gasteiger charge is -2.24. The summed E-state index contributed by atoms with van der Waals surface area (Å²) in [6.45, 7) is 1.76. The molecule has 1 saturated heterocycles. The van der Waals surface area contributed by atoms with Crippen LogP contribution in [-0.2, 0) is 0 Å². The van der Waals surface area contributed by atoms with Gasteiger partial charge in [-0.15, -0.1) is 0 Å². The second-order valence-electron chi connectivity index (χ2n) is 13.4. The van der Waals surface area contributed by atoms with E-state index < -0.39 is 7.12 Å². The number of aromatic nitrogens is 7. The fourth-order valence-corrected chi connectivity index (χ4v) is 5.81. The van der Waals surface area contributed by atoms with E-state index in [9.17, 15) is 5.26 Å². The normalized spacial score (nSPS) is 12.5. The van der Waals surface area contributed by atoms with Gasteiger partial charge in [0.1, 0.15) is 29.4 Å². The molecule has 5 heterocycles. The van der Waals surface area contributed by atoms with Gasteiger partial charge >= 0.3 is 7.12 Å². The van der Waals surface area contributed by atoms with Gasteiger partial charge in [0.2, 0.25) is 17.8 Å². The summed E-state index contributed by atoms with van der Waals surface area (Å²) in [5, 5.41) is 33.2. The molecular formula is C44H46BBrN12O6. The fraction of sp³-hybridized carbons (Fsp3) is 0.182. The Morgan fingerprint density at radius 1 is 0.688 bits per heavy atom. The predicted molar refractivity (Wildman–Crippen MR) is 248 cm³/mol. The van der Waals surface area contributed by atoms with Gasteiger partial charge in [0.05, 0.1) is 37.7 Å². The molecule has 1 atom stereocenters. The number of nitrogens with two attached hydrogens (primary N) is 2. The van der Waals surface area contributed by atoms with Crippen LogP contribution in [-0.4, -0.2) is 92.6 Å². The minimum atomic E-state index is -1.40. The van der Waals surface area contributed by atoms with Crippen molar-refractivity contribution >= 4 is 52.0 Å². The Bertz CT molecular complexity index is 2480. The predicted octanol–water partition coefficient (Wildman–Crippen LogP) is 5.22. The fourth-order valence-electron chi connectivity index (χ4n) is 5.61. The number of benzene rings is 3. The Labute approximate surface area is 379 Å². The van der Waals surface area contributed by atoms with Gasteiger partial charge < -0.3 is 51.1 Å². The SMILES string of the molecule is COc1ccc(-c2cnc(N)nc2)cc1.COc1ccc(-c2cnc(Nc3cnc(C#N)c(OC4CCCNC4)c3)nc2)cc1.COc1ccc(B(O)O)cc1.Nc1ncc(Br)cn1. The first kappa shape index (κ1) is 47.6. The lowest BCUT2D eigenvalue weighted by Crippen LogP contribution is -2.37. The number of pyridine rings is 1. The minimum Gasteiger partial charge on any atom is -0.497 e. The Balaban J connectivity index is 0.000000187. The molecule has 1 aliphatic heterocycles. The maximum Gasteiger partial charge on any atom is 0.488 e. The van der Waals surface area contributed by atoms with Crippen molar-refractivity contribution in [3.63, 3.8) is 0 Å². The van der Waals surface area contributed by atoms with Crippen LogP contribution >= 0.6 is 15.9 Å². The molecule has 1 unspecified atom stereocenters. The highest BCUT2D eigenvalue weighted by Gasteiger charge is 2.17. The third-order valence-electron chi connectivity index (χ3n) is 8.98. The standard InChI is InChI=1S/C22H22N6O2.C11H11N3O.C7H9BO3.C4H4BrN3/c1-29-18-6-4-15(5-7-18)16-11-26-22(27-12-16)28-17-9-21(20(10-23)25-13-17)30-19-3-2-8-24-14-19;1-15-10-4-2-8(3-5-10)9-6-13-11(12)14-7-9;1-11-7-4-2-6(3-5-7)8(9)10;5-3-1-7-4(6)8-2-3/h4-7,9,11-13,19,24H,2-3,8,14H2,1H3,(H,26,27,28);2-7H,1H3,(H2,12,13,14);2-5,9-10H,1H3;1-2H,(H2,6,7,8). The second kappa shape index (κ2) is 24.9. The molecule has 3 aromatic carbocycles. The highest BCUT2D eigenvalue weighted by atomic mass is 79.9. The van der Waals surface area contributed by atoms with Crippen LogP contribution in [0.1, 0.15) is 18.5 Å². The summed E-state index contributed by atoms with van der Waals surface area (Å²) < 4.78 is 22.0. The van der Waals surface area contributed by atoms with Crippen LogP contribution in [0.25, 0.3) is 22.3 Å². The van der Waals surface area contributed by atoms with Crippen molar-refractivity contribution in [2.75, 3.05) is 51.2 Å². The maximum atomic E-state index is 9.34. The van der Waals surface area contributed by atoms with Gasteiger partial charge in [0, 0.05) is 60.9 Å². The topological polar surface area (TPSA) is 267 Å². The number of hydrogen-bond donors (Lipinski definition) is 6. The lowest BCUT2D eigenvalue weighted by atomic mass is 9.80. The van der Waals surface area contributed by atoms with E-state index in [1.165, 1.54) is 0 Å². The van der Waals surface area contributed by atoms with E-state index in [-0.39, 0.29) is 17.7 Å². The number of anilines is 4. The third-order valence-corrected chi connectivity index (χ3v) is 9.39. The van der Waals surface area contributed by atoms with Gasteiger partial charge in [-0.25, -0.2) is 34.9 Å². The number of nitrogens with one attached hydrogen (secondary N) is 2. The number of piperidine rings is 1. The zero-order valence-corrected chi connectivity index (χ0v) is 36.8. The molecule has 0 saturated carbocycles. The molecule has 20 heteroatoms. The van der Waals surface area contributed by atoms with Crippen LogP contribution in [0.5, 0.6) is 23.0 Å². The van der Waals surface area contributed by atoms with Gasteiger partial charge in [-0.1, -0.05) is 36.4 Å². The Hall–Kier alpha value is -7.44. The summed E-state index contributed by atoms with van der Waals surface area (Å²) in [6.07, 6.45) is 13.7. The zero-order valence-electron chi connectivity index (χ0n) is 35.2. The minimum absolute atomic E-state index is 0.0305. The lowest BCUT2D eigenvalue weighted by molar-refractivity contribution is 0.166. The summed E-state index contributed by atoms with van der Waals surface area (Å²) in [4.78, 5) is 28.2. The van der Waals surface area contributed by atoms with Gasteiger partial charge in [-0.05, 0) is 88.3 Å². The van der Waals surface area contributed by atoms with Gasteiger partial charge in [-0.2, -0.15) is 5.26 Å². The molecule has 0 bridgehead atoms. The summed E-state index contributed by atoms with van der Waals surface area (Å²) in [6, 6.07) is 25.8. The number of nitrogen functional groups attached to an aromatic ring is 2. The number of rotatable bonds is 10. The Kier molecular flexibility index (Phi) is 18.5. The van der Waals surface area contributed by atoms with Crippen molar-refractivity contribution in [3.8, 4) is 51.3 Å². The van der Waals surface area contributed by atoms with E-state index in [0.29, 0.717) is 34.5 Å². The van der Waals surface area contributed by atoms with Gasteiger partial charge in [0.15, 0.2) is 11.4 Å². The smallest absolute Gasteiger partial charge is 0.488 e. The highest BCUT2D eigenvalue weighted by molar-refractivity contribution is 9.10. The molecule has 0 amide bonds. The molecule has 1 fully saturated rings. The number of nitrogens with zero attached hydrogens (tertiary/aromatic N) is 8. The molecule has 8 N–H and O–H groups in total. The monoisotopic (exact) mass is 928 g/mol. The van der Waals surface area contributed by atoms with E-state index >= 15 is 0 Å². The molecule has 7 aromatic rings. The van der Waals surface area contributed by atoms with E-state index in [1.807, 2.05) is 48.5 Å². The number of ether oxygens (including phenoxy) is 4. The molecular weight excluding hydrogens is 883 g/mol. The molecule has 0 aliphatic carbocycles. The van der Waals surface area contributed by atoms with E-state index in [4.69, 9.17) is 40.5 Å². The quantitative estimate of drug-likeness (QED) is 0.0960. The molecule has 1 aliphatic rings. The molecule has 0 radical (unpaired) electrons. The number of methoxy groups -OCH3 is 3. The average molecular weight is 930 g/mol. The van der Waals surface area contributed by atoms with Crippen LogP contribution in [0.4, 0.5) is 23.5 Å². The van der Waals surface area contributed by atoms with Crippen molar-refractivity contribution in [2.45, 2.75) is 18.9 Å². The van der Waals surface area contributed by atoms with Gasteiger partial charge in [0.25, 0.3) is 0 Å². The summed E-state index contributed by atoms with van der Waals surface area (Å²) in [5.74, 6) is 3.81.